The van der Waals surface area contributed by atoms with Gasteiger partial charge < -0.3 is 5.11 Å². The highest BCUT2D eigenvalue weighted by atomic mass is 16.3. The second kappa shape index (κ2) is 5.58. The first-order valence-electron chi connectivity index (χ1n) is 6.54. The minimum absolute atomic E-state index is 0.298. The predicted octanol–water partition coefficient (Wildman–Crippen LogP) is 4.06. The quantitative estimate of drug-likeness (QED) is 0.894. The summed E-state index contributed by atoms with van der Waals surface area (Å²) in [6.07, 6.45) is 1.75. The van der Waals surface area contributed by atoms with Gasteiger partial charge in [0.1, 0.15) is 5.75 Å². The van der Waals surface area contributed by atoms with E-state index >= 15 is 0 Å². The lowest BCUT2D eigenvalue weighted by atomic mass is 9.92. The van der Waals surface area contributed by atoms with Gasteiger partial charge in [-0.15, -0.1) is 0 Å². The molecule has 2 rings (SSSR count). The molecule has 0 unspecified atom stereocenters. The van der Waals surface area contributed by atoms with Crippen LogP contribution in [0, 0.1) is 11.3 Å². The Bertz CT molecular complexity index is 638. The topological polar surface area (TPSA) is 44.0 Å². The normalized spacial score (nSPS) is 10.2. The zero-order chi connectivity index (χ0) is 13.8. The monoisotopic (exact) mass is 251 g/mol. The summed E-state index contributed by atoms with van der Waals surface area (Å²) < 4.78 is 0. The van der Waals surface area contributed by atoms with Crippen LogP contribution in [0.5, 0.6) is 5.75 Å². The molecule has 2 aromatic carbocycles. The van der Waals surface area contributed by atoms with Gasteiger partial charge in [-0.2, -0.15) is 5.26 Å². The summed E-state index contributed by atoms with van der Waals surface area (Å²) in [6.45, 7) is 4.17. The van der Waals surface area contributed by atoms with Gasteiger partial charge in [0.25, 0.3) is 0 Å². The molecule has 2 heteroatoms. The number of phenolic OH excluding ortho intramolecular Hbond substituents is 1. The van der Waals surface area contributed by atoms with Crippen molar-refractivity contribution in [2.75, 3.05) is 0 Å². The summed E-state index contributed by atoms with van der Waals surface area (Å²) in [5.74, 6) is 0.298. The Labute approximate surface area is 114 Å². The molecule has 0 fully saturated rings. The molecule has 0 aromatic heterocycles. The van der Waals surface area contributed by atoms with E-state index in [1.807, 2.05) is 30.3 Å². The van der Waals surface area contributed by atoms with Crippen LogP contribution >= 0.6 is 0 Å². The average Bonchev–Trinajstić information content (AvgIpc) is 2.46. The van der Waals surface area contributed by atoms with Gasteiger partial charge in [-0.05, 0) is 59.4 Å². The molecular formula is C17H17NO. The molecule has 2 aromatic rings. The third-order valence-corrected chi connectivity index (χ3v) is 3.38. The second-order valence-electron chi connectivity index (χ2n) is 4.53. The smallest absolute Gasteiger partial charge is 0.115 e. The van der Waals surface area contributed by atoms with E-state index < -0.39 is 0 Å². The second-order valence-corrected chi connectivity index (χ2v) is 4.53. The highest BCUT2D eigenvalue weighted by molar-refractivity contribution is 5.72. The van der Waals surface area contributed by atoms with Crippen LogP contribution in [0.25, 0.3) is 11.1 Å². The molecule has 0 aliphatic heterocycles. The highest BCUT2D eigenvalue weighted by Crippen LogP contribution is 2.31. The Morgan fingerprint density at radius 3 is 2.11 bits per heavy atom. The van der Waals surface area contributed by atoms with E-state index in [9.17, 15) is 5.11 Å². The summed E-state index contributed by atoms with van der Waals surface area (Å²) in [6, 6.07) is 13.5. The Morgan fingerprint density at radius 1 is 0.947 bits per heavy atom. The number of phenols is 1. The van der Waals surface area contributed by atoms with Crippen LogP contribution < -0.4 is 0 Å². The third-order valence-electron chi connectivity index (χ3n) is 3.38. The molecule has 1 N–H and O–H groups in total. The molecule has 0 saturated heterocycles. The van der Waals surface area contributed by atoms with Crippen molar-refractivity contribution in [3.05, 3.63) is 53.1 Å². The fourth-order valence-corrected chi connectivity index (χ4v) is 2.35. The lowest BCUT2D eigenvalue weighted by Gasteiger charge is -2.13. The van der Waals surface area contributed by atoms with Crippen molar-refractivity contribution < 1.29 is 5.11 Å². The molecule has 0 radical (unpaired) electrons. The van der Waals surface area contributed by atoms with Gasteiger partial charge in [-0.1, -0.05) is 26.0 Å². The molecule has 96 valence electrons. The number of hydrogen-bond acceptors (Lipinski definition) is 2. The zero-order valence-corrected chi connectivity index (χ0v) is 11.3. The van der Waals surface area contributed by atoms with Gasteiger partial charge in [-0.3, -0.25) is 0 Å². The molecule has 0 heterocycles. The van der Waals surface area contributed by atoms with E-state index in [1.54, 1.807) is 6.07 Å². The summed E-state index contributed by atoms with van der Waals surface area (Å²) in [5, 5.41) is 18.6. The highest BCUT2D eigenvalue weighted by Gasteiger charge is 2.09. The van der Waals surface area contributed by atoms with Crippen LogP contribution in [-0.4, -0.2) is 5.11 Å². The fraction of sp³-hybridized carbons (Fsp3) is 0.235. The first kappa shape index (κ1) is 13.2. The van der Waals surface area contributed by atoms with Crippen LogP contribution in [0.3, 0.4) is 0 Å². The van der Waals surface area contributed by atoms with Crippen LogP contribution in [0.1, 0.15) is 30.5 Å². The Morgan fingerprint density at radius 2 is 1.53 bits per heavy atom. The molecule has 0 atom stereocenters. The van der Waals surface area contributed by atoms with Gasteiger partial charge in [-0.25, -0.2) is 0 Å². The maximum absolute atomic E-state index is 9.58. The van der Waals surface area contributed by atoms with Crippen LogP contribution in [0.2, 0.25) is 0 Å². The molecule has 0 spiro atoms. The van der Waals surface area contributed by atoms with Crippen molar-refractivity contribution in [3.63, 3.8) is 0 Å². The van der Waals surface area contributed by atoms with E-state index in [0.29, 0.717) is 11.3 Å². The maximum Gasteiger partial charge on any atom is 0.115 e. The molecule has 0 amide bonds. The summed E-state index contributed by atoms with van der Waals surface area (Å²) in [4.78, 5) is 0. The van der Waals surface area contributed by atoms with Gasteiger partial charge in [0.15, 0.2) is 0 Å². The molecule has 0 aliphatic rings. The number of aryl methyl sites for hydroxylation is 2. The van der Waals surface area contributed by atoms with Gasteiger partial charge in [0.2, 0.25) is 0 Å². The van der Waals surface area contributed by atoms with E-state index in [4.69, 9.17) is 5.26 Å². The average molecular weight is 251 g/mol. The van der Waals surface area contributed by atoms with Gasteiger partial charge in [0, 0.05) is 0 Å². The summed E-state index contributed by atoms with van der Waals surface area (Å²) in [7, 11) is 0. The van der Waals surface area contributed by atoms with Crippen molar-refractivity contribution in [3.8, 4) is 22.9 Å². The van der Waals surface area contributed by atoms with E-state index in [-0.39, 0.29) is 0 Å². The Kier molecular flexibility index (Phi) is 3.87. The summed E-state index contributed by atoms with van der Waals surface area (Å²) in [5.41, 5.74) is 5.27. The van der Waals surface area contributed by atoms with E-state index in [0.717, 1.165) is 29.5 Å². The van der Waals surface area contributed by atoms with Crippen molar-refractivity contribution in [2.45, 2.75) is 26.7 Å². The van der Waals surface area contributed by atoms with E-state index in [2.05, 4.69) is 19.9 Å². The van der Waals surface area contributed by atoms with Crippen molar-refractivity contribution in [1.29, 1.82) is 5.26 Å². The minimum Gasteiger partial charge on any atom is -0.508 e. The molecule has 19 heavy (non-hydrogen) atoms. The van der Waals surface area contributed by atoms with Gasteiger partial charge in [0.05, 0.1) is 11.6 Å². The lowest BCUT2D eigenvalue weighted by Crippen LogP contribution is -1.93. The number of nitriles is 1. The van der Waals surface area contributed by atoms with Crippen molar-refractivity contribution >= 4 is 0 Å². The number of aromatic hydroxyl groups is 1. The molecule has 0 aliphatic carbocycles. The van der Waals surface area contributed by atoms with Crippen LogP contribution in [0.15, 0.2) is 36.4 Å². The Balaban J connectivity index is 2.62. The number of hydrogen-bond donors (Lipinski definition) is 1. The first-order valence-corrected chi connectivity index (χ1v) is 6.54. The van der Waals surface area contributed by atoms with Crippen molar-refractivity contribution in [1.82, 2.24) is 0 Å². The van der Waals surface area contributed by atoms with Crippen molar-refractivity contribution in [2.24, 2.45) is 0 Å². The number of benzene rings is 2. The molecule has 0 bridgehead atoms. The number of nitrogens with zero attached hydrogens (tertiary/aromatic N) is 1. The minimum atomic E-state index is 0.298. The van der Waals surface area contributed by atoms with Gasteiger partial charge >= 0.3 is 0 Å². The molecule has 0 saturated carbocycles. The summed E-state index contributed by atoms with van der Waals surface area (Å²) >= 11 is 0. The first-order chi connectivity index (χ1) is 9.19. The standard InChI is InChI=1S/C17H17NO/c1-3-13-9-12(11-18)5-7-16(13)17-8-6-15(19)10-14(17)4-2/h5-10,19H,3-4H2,1-2H3. The lowest BCUT2D eigenvalue weighted by molar-refractivity contribution is 0.474. The van der Waals surface area contributed by atoms with Crippen LogP contribution in [-0.2, 0) is 12.8 Å². The molecule has 2 nitrogen and oxygen atoms in total. The predicted molar refractivity (Wildman–Crippen MR) is 77.0 cm³/mol. The zero-order valence-electron chi connectivity index (χ0n) is 11.3. The molecular weight excluding hydrogens is 234 g/mol. The third kappa shape index (κ3) is 2.61. The maximum atomic E-state index is 9.58. The fourth-order valence-electron chi connectivity index (χ4n) is 2.35. The SMILES string of the molecule is CCc1cc(O)ccc1-c1ccc(C#N)cc1CC. The van der Waals surface area contributed by atoms with Crippen LogP contribution in [0.4, 0.5) is 0 Å². The van der Waals surface area contributed by atoms with E-state index in [1.165, 1.54) is 5.56 Å². The number of rotatable bonds is 3. The largest absolute Gasteiger partial charge is 0.508 e. The Hall–Kier alpha value is -2.27.